The maximum absolute atomic E-state index is 2.92. The molecule has 0 saturated carbocycles. The third-order valence-electron chi connectivity index (χ3n) is 8.93. The fourth-order valence-corrected chi connectivity index (χ4v) is 12.8. The van der Waals surface area contributed by atoms with Gasteiger partial charge in [0.05, 0.1) is 0 Å². The molecule has 0 saturated heterocycles. The molecule has 8 heteroatoms. The molecule has 4 aromatic carbocycles. The number of aryl methyl sites for hydroxylation is 3. The predicted octanol–water partition coefficient (Wildman–Crippen LogP) is -3.85. The summed E-state index contributed by atoms with van der Waals surface area (Å²) in [7, 11) is 10.3. The zero-order chi connectivity index (χ0) is 29.7. The Balaban J connectivity index is 0.00000462. The van der Waals surface area contributed by atoms with Gasteiger partial charge in [0.25, 0.3) is 0 Å². The Labute approximate surface area is 301 Å². The van der Waals surface area contributed by atoms with Gasteiger partial charge in [-0.2, -0.15) is 27.4 Å². The fourth-order valence-electron chi connectivity index (χ4n) is 6.61. The maximum Gasteiger partial charge on any atom is 4.00 e. The largest absolute Gasteiger partial charge is 4.00 e. The van der Waals surface area contributed by atoms with E-state index in [0.29, 0.717) is 0 Å². The first kappa shape index (κ1) is 42.2. The molecule has 4 aromatic rings. The van der Waals surface area contributed by atoms with Gasteiger partial charge in [0, 0.05) is 59.3 Å². The Morgan fingerprint density at radius 2 is 0.795 bits per heavy atom. The second kappa shape index (κ2) is 16.2. The van der Waals surface area contributed by atoms with E-state index in [9.17, 15) is 0 Å². The minimum absolute atomic E-state index is 0. The Kier molecular flexibility index (Phi) is 15.5. The van der Waals surface area contributed by atoms with E-state index >= 15 is 0 Å². The van der Waals surface area contributed by atoms with Crippen molar-refractivity contribution in [3.05, 3.63) is 93.5 Å². The van der Waals surface area contributed by atoms with E-state index < -0.39 is 8.07 Å². The van der Waals surface area contributed by atoms with E-state index in [0.717, 1.165) is 0 Å². The molecule has 4 rings (SSSR count). The maximum atomic E-state index is 2.45. The Morgan fingerprint density at radius 3 is 1.02 bits per heavy atom. The molecule has 0 aliphatic rings. The summed E-state index contributed by atoms with van der Waals surface area (Å²) in [6.45, 7) is 16.0. The predicted molar refractivity (Wildman–Crippen MR) is 182 cm³/mol. The molecule has 0 aromatic heterocycles. The number of halogens is 3. The van der Waals surface area contributed by atoms with Crippen molar-refractivity contribution in [2.75, 3.05) is 57.0 Å². The molecule has 236 valence electrons. The van der Waals surface area contributed by atoms with Crippen LogP contribution in [0, 0.1) is 48.5 Å². The summed E-state index contributed by atoms with van der Waals surface area (Å²) in [6.07, 6.45) is 0. The molecule has 0 unspecified atom stereocenters. The van der Waals surface area contributed by atoms with Gasteiger partial charge in [-0.15, -0.1) is 0 Å². The van der Waals surface area contributed by atoms with Crippen LogP contribution in [0.2, 0.25) is 0 Å². The Bertz CT molecular complexity index is 1410. The van der Waals surface area contributed by atoms with Gasteiger partial charge >= 0.3 is 21.7 Å². The van der Waals surface area contributed by atoms with Crippen LogP contribution in [0.3, 0.4) is 0 Å². The molecule has 0 N–H and O–H groups in total. The van der Waals surface area contributed by atoms with E-state index in [1.165, 1.54) is 76.8 Å². The van der Waals surface area contributed by atoms with Crippen LogP contribution < -0.4 is 72.7 Å². The molecule has 0 bridgehead atoms. The number of nitrogens with zero attached hydrogens (tertiary/aromatic N) is 3. The zero-order valence-electron chi connectivity index (χ0n) is 28.7. The van der Waals surface area contributed by atoms with Crippen molar-refractivity contribution in [2.24, 2.45) is 0 Å². The monoisotopic (exact) mass is 703 g/mol. The molecule has 0 radical (unpaired) electrons. The van der Waals surface area contributed by atoms with Gasteiger partial charge in [-0.3, -0.25) is 0 Å². The van der Waals surface area contributed by atoms with Gasteiger partial charge in [-0.05, 0) is 71.2 Å². The summed E-state index contributed by atoms with van der Waals surface area (Å²) in [5, 5.41) is 5.86. The summed E-state index contributed by atoms with van der Waals surface area (Å²) in [4.78, 5) is 6.97. The quantitative estimate of drug-likeness (QED) is 0.111. The third kappa shape index (κ3) is 7.12. The van der Waals surface area contributed by atoms with Crippen LogP contribution in [0.5, 0.6) is 0 Å². The average molecular weight is 705 g/mol. The van der Waals surface area contributed by atoms with Crippen LogP contribution in [-0.2, 0) is 21.7 Å². The molecule has 44 heavy (non-hydrogen) atoms. The van der Waals surface area contributed by atoms with E-state index in [1.54, 1.807) is 0 Å². The first-order chi connectivity index (χ1) is 18.7. The molecule has 3 nitrogen and oxygen atoms in total. The minimum atomic E-state index is -2.92. The first-order valence-electron chi connectivity index (χ1n) is 14.3. The molecular formula is C36H48Cl3N3SiTi. The van der Waals surface area contributed by atoms with Gasteiger partial charge in [0.15, 0.2) is 8.07 Å². The summed E-state index contributed by atoms with van der Waals surface area (Å²) >= 11 is 0. The van der Waals surface area contributed by atoms with Crippen molar-refractivity contribution in [3.8, 4) is 0 Å². The summed E-state index contributed by atoms with van der Waals surface area (Å²) in [6, 6.07) is 21.5. The standard InChI is InChI=1S/C36H48N3Si.3ClH.Ti/c1-23-14-17-33(30(20-23)37(8)9)40(36-28(6)26(4)27(5)29(36)7,34-18-15-24(2)21-31(34)38(10)11)35-19-16-25(3)22-32(35)39(12)13;;;;/h14-22H,1-13H3;3*1H;/q-1;;;;+4/p-3. The normalized spacial score (nSPS) is 10.6. The van der Waals surface area contributed by atoms with Crippen LogP contribution >= 0.6 is 0 Å². The second-order valence-corrected chi connectivity index (χ2v) is 16.0. The van der Waals surface area contributed by atoms with Crippen molar-refractivity contribution in [1.82, 2.24) is 0 Å². The summed E-state index contributed by atoms with van der Waals surface area (Å²) in [5.41, 5.74) is 13.5. The SMILES string of the molecule is Cc1ccc([Si](c2ccc(C)cc2N(C)C)(c2ccc(C)cc2N(C)C)c2c(C)c(C)c(C)[c-]2C)c(N(C)C)c1.[Cl-].[Cl-].[Cl-].[Ti+4]. The first-order valence-corrected chi connectivity index (χ1v) is 16.3. The van der Waals surface area contributed by atoms with Crippen LogP contribution in [0.15, 0.2) is 54.6 Å². The summed E-state index contributed by atoms with van der Waals surface area (Å²) in [5.74, 6) is 0. The minimum Gasteiger partial charge on any atom is -1.00 e. The molecular weight excluding hydrogens is 657 g/mol. The van der Waals surface area contributed by atoms with Crippen molar-refractivity contribution in [3.63, 3.8) is 0 Å². The van der Waals surface area contributed by atoms with E-state index in [-0.39, 0.29) is 58.9 Å². The van der Waals surface area contributed by atoms with Gasteiger partial charge in [-0.1, -0.05) is 64.1 Å². The van der Waals surface area contributed by atoms with Crippen molar-refractivity contribution in [2.45, 2.75) is 48.5 Å². The van der Waals surface area contributed by atoms with Crippen LogP contribution in [-0.4, -0.2) is 50.4 Å². The van der Waals surface area contributed by atoms with Crippen molar-refractivity contribution >= 4 is 45.9 Å². The second-order valence-electron chi connectivity index (χ2n) is 12.4. The van der Waals surface area contributed by atoms with E-state index in [4.69, 9.17) is 0 Å². The topological polar surface area (TPSA) is 9.72 Å². The smallest absolute Gasteiger partial charge is 1.00 e. The third-order valence-corrected chi connectivity index (χ3v) is 14.1. The Hall–Kier alpha value is -1.79. The zero-order valence-corrected chi connectivity index (χ0v) is 33.5. The molecule has 0 aliphatic heterocycles. The molecule has 0 amide bonds. The van der Waals surface area contributed by atoms with Gasteiger partial charge in [0.1, 0.15) is 0 Å². The number of anilines is 3. The van der Waals surface area contributed by atoms with E-state index in [2.05, 4.69) is 160 Å². The molecule has 0 spiro atoms. The van der Waals surface area contributed by atoms with Gasteiger partial charge in [-0.25, -0.2) is 0 Å². The van der Waals surface area contributed by atoms with Crippen LogP contribution in [0.4, 0.5) is 17.1 Å². The van der Waals surface area contributed by atoms with Gasteiger partial charge in [0.2, 0.25) is 0 Å². The van der Waals surface area contributed by atoms with Crippen LogP contribution in [0.25, 0.3) is 0 Å². The summed E-state index contributed by atoms with van der Waals surface area (Å²) < 4.78 is 0. The Morgan fingerprint density at radius 1 is 0.500 bits per heavy atom. The average Bonchev–Trinajstić information content (AvgIpc) is 3.08. The van der Waals surface area contributed by atoms with Crippen LogP contribution in [0.1, 0.15) is 38.9 Å². The van der Waals surface area contributed by atoms with Crippen molar-refractivity contribution in [1.29, 1.82) is 0 Å². The molecule has 0 atom stereocenters. The molecule has 0 heterocycles. The fraction of sp³-hybridized carbons (Fsp3) is 0.361. The number of rotatable bonds is 7. The molecule has 0 fully saturated rings. The van der Waals surface area contributed by atoms with E-state index in [1.807, 2.05) is 0 Å². The number of benzene rings is 3. The van der Waals surface area contributed by atoms with Gasteiger partial charge < -0.3 is 51.9 Å². The number of hydrogen-bond donors (Lipinski definition) is 0. The number of hydrogen-bond acceptors (Lipinski definition) is 3. The molecule has 0 aliphatic carbocycles. The van der Waals surface area contributed by atoms with Crippen molar-refractivity contribution < 1.29 is 58.9 Å².